The number of anilines is 2. The third-order valence-corrected chi connectivity index (χ3v) is 1.63. The Morgan fingerprint density at radius 1 is 1.33 bits per heavy atom. The van der Waals surface area contributed by atoms with Crippen LogP contribution in [0.2, 0.25) is 0 Å². The molecule has 0 aromatic heterocycles. The van der Waals surface area contributed by atoms with Gasteiger partial charge in [0.15, 0.2) is 0 Å². The molecule has 0 unspecified atom stereocenters. The number of esters is 1. The van der Waals surface area contributed by atoms with Crippen LogP contribution in [0.4, 0.5) is 11.4 Å². The summed E-state index contributed by atoms with van der Waals surface area (Å²) in [5.74, 6) is -1.68. The smallest absolute Gasteiger partial charge is 0.397 e. The zero-order valence-electron chi connectivity index (χ0n) is 8.32. The van der Waals surface area contributed by atoms with Crippen molar-refractivity contribution in [1.29, 1.82) is 0 Å². The second-order valence-electron chi connectivity index (χ2n) is 2.80. The van der Waals surface area contributed by atoms with E-state index in [-0.39, 0.29) is 6.61 Å². The second-order valence-corrected chi connectivity index (χ2v) is 2.80. The Bertz CT molecular complexity index is 359. The molecule has 0 aliphatic carbocycles. The SMILES string of the molecule is CCOC(=O)C(=O)Nc1ccc(N)cc1. The molecule has 0 aliphatic rings. The van der Waals surface area contributed by atoms with Gasteiger partial charge in [-0.3, -0.25) is 4.79 Å². The van der Waals surface area contributed by atoms with Gasteiger partial charge in [0, 0.05) is 11.4 Å². The summed E-state index contributed by atoms with van der Waals surface area (Å²) in [6.45, 7) is 1.81. The number of rotatable bonds is 2. The van der Waals surface area contributed by atoms with Gasteiger partial charge < -0.3 is 15.8 Å². The number of hydrogen-bond donors (Lipinski definition) is 2. The summed E-state index contributed by atoms with van der Waals surface area (Å²) >= 11 is 0. The van der Waals surface area contributed by atoms with Crippen LogP contribution in [0.3, 0.4) is 0 Å². The van der Waals surface area contributed by atoms with Gasteiger partial charge in [-0.05, 0) is 31.2 Å². The van der Waals surface area contributed by atoms with E-state index in [1.165, 1.54) is 0 Å². The van der Waals surface area contributed by atoms with E-state index in [2.05, 4.69) is 10.1 Å². The van der Waals surface area contributed by atoms with Gasteiger partial charge in [0.25, 0.3) is 0 Å². The third kappa shape index (κ3) is 3.30. The van der Waals surface area contributed by atoms with Gasteiger partial charge in [-0.15, -0.1) is 0 Å². The topological polar surface area (TPSA) is 81.4 Å². The summed E-state index contributed by atoms with van der Waals surface area (Å²) in [5.41, 5.74) is 6.55. The molecule has 1 aromatic carbocycles. The number of carbonyl (C=O) groups excluding carboxylic acids is 2. The van der Waals surface area contributed by atoms with Gasteiger partial charge in [0.1, 0.15) is 0 Å². The van der Waals surface area contributed by atoms with Gasteiger partial charge in [-0.1, -0.05) is 0 Å². The van der Waals surface area contributed by atoms with Crippen LogP contribution in [0.15, 0.2) is 24.3 Å². The molecule has 15 heavy (non-hydrogen) atoms. The van der Waals surface area contributed by atoms with Crippen molar-refractivity contribution in [3.05, 3.63) is 24.3 Å². The minimum absolute atomic E-state index is 0.175. The van der Waals surface area contributed by atoms with Crippen LogP contribution in [-0.4, -0.2) is 18.5 Å². The number of nitrogen functional groups attached to an aromatic ring is 1. The van der Waals surface area contributed by atoms with Crippen LogP contribution >= 0.6 is 0 Å². The highest BCUT2D eigenvalue weighted by atomic mass is 16.5. The van der Waals surface area contributed by atoms with Crippen molar-refractivity contribution in [3.8, 4) is 0 Å². The lowest BCUT2D eigenvalue weighted by atomic mass is 10.3. The van der Waals surface area contributed by atoms with Gasteiger partial charge in [-0.2, -0.15) is 0 Å². The lowest BCUT2D eigenvalue weighted by molar-refractivity contribution is -0.152. The van der Waals surface area contributed by atoms with Crippen molar-refractivity contribution in [2.24, 2.45) is 0 Å². The van der Waals surface area contributed by atoms with Crippen LogP contribution < -0.4 is 11.1 Å². The highest BCUT2D eigenvalue weighted by Gasteiger charge is 2.14. The molecule has 0 spiro atoms. The Hall–Kier alpha value is -2.04. The standard InChI is InChI=1S/C10H12N2O3/c1-2-15-10(14)9(13)12-8-5-3-7(11)4-6-8/h3-6H,2,11H2,1H3,(H,12,13). The van der Waals surface area contributed by atoms with Crippen LogP contribution in [0.25, 0.3) is 0 Å². The Kier molecular flexibility index (Phi) is 3.68. The number of benzene rings is 1. The lowest BCUT2D eigenvalue weighted by Gasteiger charge is -2.04. The number of ether oxygens (including phenoxy) is 1. The highest BCUT2D eigenvalue weighted by molar-refractivity contribution is 6.37. The molecule has 3 N–H and O–H groups in total. The largest absolute Gasteiger partial charge is 0.459 e. The summed E-state index contributed by atoms with van der Waals surface area (Å²) in [6.07, 6.45) is 0. The van der Waals surface area contributed by atoms with Crippen molar-refractivity contribution >= 4 is 23.3 Å². The van der Waals surface area contributed by atoms with E-state index in [9.17, 15) is 9.59 Å². The number of carbonyl (C=O) groups is 2. The average molecular weight is 208 g/mol. The van der Waals surface area contributed by atoms with Gasteiger partial charge in [0.2, 0.25) is 0 Å². The molecule has 0 heterocycles. The Labute approximate surface area is 87.2 Å². The minimum atomic E-state index is -0.894. The van der Waals surface area contributed by atoms with E-state index >= 15 is 0 Å². The van der Waals surface area contributed by atoms with E-state index in [1.807, 2.05) is 0 Å². The van der Waals surface area contributed by atoms with E-state index in [0.29, 0.717) is 11.4 Å². The number of nitrogens with one attached hydrogen (secondary N) is 1. The molecule has 0 atom stereocenters. The lowest BCUT2D eigenvalue weighted by Crippen LogP contribution is -2.24. The van der Waals surface area contributed by atoms with E-state index in [0.717, 1.165) is 0 Å². The molecular weight excluding hydrogens is 196 g/mol. The van der Waals surface area contributed by atoms with Crippen molar-refractivity contribution in [2.75, 3.05) is 17.7 Å². The molecule has 5 nitrogen and oxygen atoms in total. The van der Waals surface area contributed by atoms with Crippen molar-refractivity contribution in [2.45, 2.75) is 6.92 Å². The maximum absolute atomic E-state index is 11.2. The van der Waals surface area contributed by atoms with Gasteiger partial charge in [0.05, 0.1) is 6.61 Å². The molecule has 1 aromatic rings. The molecule has 0 saturated heterocycles. The molecule has 1 rings (SSSR count). The molecule has 0 bridgehead atoms. The number of amides is 1. The van der Waals surface area contributed by atoms with Crippen LogP contribution in [-0.2, 0) is 14.3 Å². The molecule has 0 saturated carbocycles. The fourth-order valence-corrected chi connectivity index (χ4v) is 0.945. The van der Waals surface area contributed by atoms with E-state index in [1.54, 1.807) is 31.2 Å². The molecule has 0 fully saturated rings. The molecule has 80 valence electrons. The monoisotopic (exact) mass is 208 g/mol. The number of hydrogen-bond acceptors (Lipinski definition) is 4. The molecule has 0 aliphatic heterocycles. The predicted octanol–water partition coefficient (Wildman–Crippen LogP) is 0.770. The zero-order chi connectivity index (χ0) is 11.3. The van der Waals surface area contributed by atoms with Gasteiger partial charge >= 0.3 is 11.9 Å². The maximum Gasteiger partial charge on any atom is 0.397 e. The third-order valence-electron chi connectivity index (χ3n) is 1.63. The Morgan fingerprint density at radius 3 is 2.47 bits per heavy atom. The van der Waals surface area contributed by atoms with Crippen molar-refractivity contribution < 1.29 is 14.3 Å². The van der Waals surface area contributed by atoms with Gasteiger partial charge in [-0.25, -0.2) is 4.79 Å². The van der Waals surface area contributed by atoms with E-state index in [4.69, 9.17) is 5.73 Å². The first-order valence-electron chi connectivity index (χ1n) is 4.47. The fourth-order valence-electron chi connectivity index (χ4n) is 0.945. The quantitative estimate of drug-likeness (QED) is 0.427. The van der Waals surface area contributed by atoms with Crippen molar-refractivity contribution in [3.63, 3.8) is 0 Å². The zero-order valence-corrected chi connectivity index (χ0v) is 8.32. The van der Waals surface area contributed by atoms with Crippen LogP contribution in [0, 0.1) is 0 Å². The fraction of sp³-hybridized carbons (Fsp3) is 0.200. The summed E-state index contributed by atoms with van der Waals surface area (Å²) in [5, 5.41) is 2.38. The molecule has 5 heteroatoms. The predicted molar refractivity (Wildman–Crippen MR) is 56.1 cm³/mol. The molecular formula is C10H12N2O3. The average Bonchev–Trinajstić information content (AvgIpc) is 2.22. The first-order chi connectivity index (χ1) is 7.13. The normalized spacial score (nSPS) is 9.40. The summed E-state index contributed by atoms with van der Waals surface area (Å²) in [6, 6.07) is 6.46. The number of nitrogens with two attached hydrogens (primary N) is 1. The van der Waals surface area contributed by atoms with Crippen LogP contribution in [0.5, 0.6) is 0 Å². The Morgan fingerprint density at radius 2 is 1.93 bits per heavy atom. The van der Waals surface area contributed by atoms with Crippen molar-refractivity contribution in [1.82, 2.24) is 0 Å². The Balaban J connectivity index is 2.58. The minimum Gasteiger partial charge on any atom is -0.459 e. The molecule has 0 radical (unpaired) electrons. The summed E-state index contributed by atoms with van der Waals surface area (Å²) in [7, 11) is 0. The first-order valence-corrected chi connectivity index (χ1v) is 4.47. The first kappa shape index (κ1) is 11.0. The summed E-state index contributed by atoms with van der Waals surface area (Å²) < 4.78 is 4.52. The summed E-state index contributed by atoms with van der Waals surface area (Å²) in [4.78, 5) is 22.1. The highest BCUT2D eigenvalue weighted by Crippen LogP contribution is 2.10. The van der Waals surface area contributed by atoms with E-state index < -0.39 is 11.9 Å². The maximum atomic E-state index is 11.2. The van der Waals surface area contributed by atoms with Crippen LogP contribution in [0.1, 0.15) is 6.92 Å². The molecule has 1 amide bonds. The second kappa shape index (κ2) is 4.99.